The predicted octanol–water partition coefficient (Wildman–Crippen LogP) is 4.40. The molecule has 0 radical (unpaired) electrons. The molecule has 3 nitrogen and oxygen atoms in total. The normalized spacial score (nSPS) is 14.6. The molecular formula is C17H30N2O. The van der Waals surface area contributed by atoms with E-state index in [9.17, 15) is 4.79 Å². The second-order valence-corrected chi connectivity index (χ2v) is 4.38. The minimum Gasteiger partial charge on any atom is -0.339 e. The van der Waals surface area contributed by atoms with Crippen LogP contribution in [0.4, 0.5) is 0 Å². The Kier molecular flexibility index (Phi) is 10.7. The van der Waals surface area contributed by atoms with E-state index in [1.165, 1.54) is 6.42 Å². The van der Waals surface area contributed by atoms with Crippen molar-refractivity contribution in [3.63, 3.8) is 0 Å². The topological polar surface area (TPSA) is 33.2 Å². The largest absolute Gasteiger partial charge is 0.339 e. The quantitative estimate of drug-likeness (QED) is 0.803. The molecule has 0 N–H and O–H groups in total. The first-order valence-corrected chi connectivity index (χ1v) is 8.00. The van der Waals surface area contributed by atoms with E-state index >= 15 is 0 Å². The van der Waals surface area contributed by atoms with Gasteiger partial charge in [-0.15, -0.1) is 0 Å². The molecular weight excluding hydrogens is 248 g/mol. The van der Waals surface area contributed by atoms with Crippen LogP contribution in [-0.2, 0) is 0 Å². The van der Waals surface area contributed by atoms with Gasteiger partial charge < -0.3 is 4.90 Å². The van der Waals surface area contributed by atoms with Crippen molar-refractivity contribution >= 4 is 5.91 Å². The molecule has 3 heteroatoms. The van der Waals surface area contributed by atoms with Crippen molar-refractivity contribution in [2.75, 3.05) is 13.1 Å². The fourth-order valence-electron chi connectivity index (χ4n) is 2.22. The molecule has 2 rings (SSSR count). The predicted molar refractivity (Wildman–Crippen MR) is 85.9 cm³/mol. The molecule has 2 heterocycles. The molecule has 1 amide bonds. The molecule has 0 spiro atoms. The Morgan fingerprint density at radius 2 is 1.65 bits per heavy atom. The highest BCUT2D eigenvalue weighted by Crippen LogP contribution is 2.21. The van der Waals surface area contributed by atoms with Crippen LogP contribution in [-0.4, -0.2) is 28.9 Å². The van der Waals surface area contributed by atoms with Gasteiger partial charge in [0.15, 0.2) is 0 Å². The zero-order valence-corrected chi connectivity index (χ0v) is 13.7. The lowest BCUT2D eigenvalue weighted by Gasteiger charge is -2.31. The van der Waals surface area contributed by atoms with Crippen LogP contribution in [0.3, 0.4) is 0 Å². The number of nitrogens with zero attached hydrogens (tertiary/aromatic N) is 2. The number of hydrogen-bond acceptors (Lipinski definition) is 2. The van der Waals surface area contributed by atoms with E-state index in [2.05, 4.69) is 11.9 Å². The minimum absolute atomic E-state index is 0.150. The van der Waals surface area contributed by atoms with Crippen LogP contribution in [0.5, 0.6) is 0 Å². The van der Waals surface area contributed by atoms with Gasteiger partial charge in [0.1, 0.15) is 0 Å². The van der Waals surface area contributed by atoms with E-state index < -0.39 is 0 Å². The highest BCUT2D eigenvalue weighted by Gasteiger charge is 2.22. The van der Waals surface area contributed by atoms with Crippen LogP contribution in [0.25, 0.3) is 0 Å². The maximum Gasteiger partial charge on any atom is 0.253 e. The molecule has 20 heavy (non-hydrogen) atoms. The molecule has 1 aliphatic heterocycles. The first-order valence-electron chi connectivity index (χ1n) is 8.00. The molecule has 0 unspecified atom stereocenters. The maximum absolute atomic E-state index is 12.1. The number of carbonyl (C=O) groups is 1. The summed E-state index contributed by atoms with van der Waals surface area (Å²) in [6.07, 6.45) is 6.87. The lowest BCUT2D eigenvalue weighted by molar-refractivity contribution is 0.0688. The van der Waals surface area contributed by atoms with Crippen molar-refractivity contribution in [2.24, 2.45) is 5.92 Å². The minimum atomic E-state index is 0.150. The zero-order chi connectivity index (χ0) is 15.4. The van der Waals surface area contributed by atoms with Gasteiger partial charge in [0.25, 0.3) is 5.91 Å². The summed E-state index contributed by atoms with van der Waals surface area (Å²) < 4.78 is 0. The molecule has 1 aliphatic rings. The second kappa shape index (κ2) is 11.4. The van der Waals surface area contributed by atoms with E-state index in [-0.39, 0.29) is 5.91 Å². The summed E-state index contributed by atoms with van der Waals surface area (Å²) >= 11 is 0. The van der Waals surface area contributed by atoms with Crippen molar-refractivity contribution in [3.05, 3.63) is 30.1 Å². The molecule has 0 bridgehead atoms. The summed E-state index contributed by atoms with van der Waals surface area (Å²) in [5.41, 5.74) is 0.755. The van der Waals surface area contributed by atoms with Crippen LogP contribution in [0, 0.1) is 5.92 Å². The molecule has 114 valence electrons. The van der Waals surface area contributed by atoms with Gasteiger partial charge in [0.05, 0.1) is 0 Å². The summed E-state index contributed by atoms with van der Waals surface area (Å²) in [5, 5.41) is 0. The van der Waals surface area contributed by atoms with Crippen molar-refractivity contribution in [1.82, 2.24) is 9.88 Å². The molecule has 1 aromatic rings. The van der Waals surface area contributed by atoms with Crippen LogP contribution in [0.1, 0.15) is 64.2 Å². The van der Waals surface area contributed by atoms with Crippen LogP contribution >= 0.6 is 0 Å². The van der Waals surface area contributed by atoms with Crippen LogP contribution in [0.2, 0.25) is 0 Å². The van der Waals surface area contributed by atoms with Gasteiger partial charge in [0.2, 0.25) is 0 Å². The summed E-state index contributed by atoms with van der Waals surface area (Å²) in [7, 11) is 0. The Morgan fingerprint density at radius 3 is 2.10 bits per heavy atom. The number of hydrogen-bond donors (Lipinski definition) is 0. The highest BCUT2D eigenvalue weighted by atomic mass is 16.2. The van der Waals surface area contributed by atoms with E-state index in [0.717, 1.165) is 37.4 Å². The van der Waals surface area contributed by atoms with Gasteiger partial charge in [0, 0.05) is 31.0 Å². The second-order valence-electron chi connectivity index (χ2n) is 4.38. The Bertz CT molecular complexity index is 343. The molecule has 0 saturated carbocycles. The molecule has 1 saturated heterocycles. The van der Waals surface area contributed by atoms with Gasteiger partial charge >= 0.3 is 0 Å². The third-order valence-corrected chi connectivity index (χ3v) is 3.41. The van der Waals surface area contributed by atoms with Crippen molar-refractivity contribution in [2.45, 2.75) is 53.9 Å². The zero-order valence-electron chi connectivity index (χ0n) is 13.7. The number of amides is 1. The number of aromatic nitrogens is 1. The van der Waals surface area contributed by atoms with Gasteiger partial charge in [-0.3, -0.25) is 9.78 Å². The standard InChI is InChI=1S/C13H18N2O.2C2H6/c1-2-11-5-9-15(10-6-11)13(16)12-3-7-14-8-4-12;2*1-2/h3-4,7-8,11H,2,5-6,9-10H2,1H3;2*1-2H3. The highest BCUT2D eigenvalue weighted by molar-refractivity contribution is 5.94. The Balaban J connectivity index is 0.000000829. The summed E-state index contributed by atoms with van der Waals surface area (Å²) in [6.45, 7) is 12.0. The number of piperidine rings is 1. The van der Waals surface area contributed by atoms with Gasteiger partial charge in [-0.05, 0) is 30.9 Å². The third-order valence-electron chi connectivity index (χ3n) is 3.41. The van der Waals surface area contributed by atoms with E-state index in [1.807, 2.05) is 32.6 Å². The molecule has 1 fully saturated rings. The van der Waals surface area contributed by atoms with Gasteiger partial charge in [-0.25, -0.2) is 0 Å². The summed E-state index contributed by atoms with van der Waals surface area (Å²) in [6, 6.07) is 3.57. The van der Waals surface area contributed by atoms with Gasteiger partial charge in [-0.2, -0.15) is 0 Å². The van der Waals surface area contributed by atoms with Crippen molar-refractivity contribution in [1.29, 1.82) is 0 Å². The SMILES string of the molecule is CC.CC.CCC1CCN(C(=O)c2ccncc2)CC1. The van der Waals surface area contributed by atoms with E-state index in [4.69, 9.17) is 0 Å². The number of likely N-dealkylation sites (tertiary alicyclic amines) is 1. The average Bonchev–Trinajstić information content (AvgIpc) is 2.59. The lowest BCUT2D eigenvalue weighted by Crippen LogP contribution is -2.38. The molecule has 0 aliphatic carbocycles. The smallest absolute Gasteiger partial charge is 0.253 e. The van der Waals surface area contributed by atoms with Crippen molar-refractivity contribution < 1.29 is 4.79 Å². The molecule has 0 aromatic carbocycles. The monoisotopic (exact) mass is 278 g/mol. The molecule has 1 aromatic heterocycles. The number of carbonyl (C=O) groups excluding carboxylic acids is 1. The first-order chi connectivity index (χ1) is 9.81. The van der Waals surface area contributed by atoms with Crippen LogP contribution in [0.15, 0.2) is 24.5 Å². The fraction of sp³-hybridized carbons (Fsp3) is 0.647. The maximum atomic E-state index is 12.1. The Morgan fingerprint density at radius 1 is 1.15 bits per heavy atom. The Hall–Kier alpha value is -1.38. The number of pyridine rings is 1. The van der Waals surface area contributed by atoms with Crippen LogP contribution < -0.4 is 0 Å². The summed E-state index contributed by atoms with van der Waals surface area (Å²) in [4.78, 5) is 18.0. The average molecular weight is 278 g/mol. The number of rotatable bonds is 2. The third kappa shape index (κ3) is 5.72. The first kappa shape index (κ1) is 18.6. The van der Waals surface area contributed by atoms with Gasteiger partial charge in [-0.1, -0.05) is 41.0 Å². The lowest BCUT2D eigenvalue weighted by atomic mass is 9.94. The fourth-order valence-corrected chi connectivity index (χ4v) is 2.22. The Labute approximate surface area is 124 Å². The van der Waals surface area contributed by atoms with E-state index in [1.54, 1.807) is 24.5 Å². The summed E-state index contributed by atoms with van der Waals surface area (Å²) in [5.74, 6) is 0.957. The van der Waals surface area contributed by atoms with E-state index in [0.29, 0.717) is 0 Å². The van der Waals surface area contributed by atoms with Crippen molar-refractivity contribution in [3.8, 4) is 0 Å². The molecule has 0 atom stereocenters.